The predicted octanol–water partition coefficient (Wildman–Crippen LogP) is 2.18. The van der Waals surface area contributed by atoms with Crippen molar-refractivity contribution in [1.29, 1.82) is 0 Å². The van der Waals surface area contributed by atoms with Crippen LogP contribution in [0.5, 0.6) is 0 Å². The largest absolute Gasteiger partial charge is 0.326 e. The van der Waals surface area contributed by atoms with Crippen molar-refractivity contribution in [2.75, 3.05) is 18.4 Å². The first-order chi connectivity index (χ1) is 13.0. The molecule has 1 aliphatic heterocycles. The van der Waals surface area contributed by atoms with Crippen molar-refractivity contribution >= 4 is 21.6 Å². The lowest BCUT2D eigenvalue weighted by atomic mass is 10.2. The summed E-state index contributed by atoms with van der Waals surface area (Å²) in [6.07, 6.45) is 7.09. The van der Waals surface area contributed by atoms with E-state index in [0.717, 1.165) is 25.7 Å². The van der Waals surface area contributed by atoms with Crippen molar-refractivity contribution in [2.24, 2.45) is 0 Å². The lowest BCUT2D eigenvalue weighted by Gasteiger charge is -2.21. The van der Waals surface area contributed by atoms with E-state index in [-0.39, 0.29) is 17.2 Å². The number of benzene rings is 1. The lowest BCUT2D eigenvalue weighted by molar-refractivity contribution is -0.116. The van der Waals surface area contributed by atoms with Crippen molar-refractivity contribution in [1.82, 2.24) is 19.1 Å². The van der Waals surface area contributed by atoms with Crippen LogP contribution in [-0.2, 0) is 21.4 Å². The Hall–Kier alpha value is -2.26. The Bertz CT molecular complexity index is 872. The van der Waals surface area contributed by atoms with Gasteiger partial charge in [-0.25, -0.2) is 13.4 Å². The van der Waals surface area contributed by atoms with Crippen LogP contribution in [0.4, 0.5) is 5.69 Å². The SMILES string of the molecule is Cc1ccc(NC(=O)CCn2cncn2)cc1S(=O)(=O)N1CCCCCC1. The first kappa shape index (κ1) is 19.5. The molecule has 9 heteroatoms. The van der Waals surface area contributed by atoms with Gasteiger partial charge >= 0.3 is 0 Å². The molecule has 1 aromatic heterocycles. The molecule has 8 nitrogen and oxygen atoms in total. The van der Waals surface area contributed by atoms with Crippen molar-refractivity contribution in [3.05, 3.63) is 36.4 Å². The minimum absolute atomic E-state index is 0.201. The molecule has 0 aliphatic carbocycles. The molecule has 1 N–H and O–H groups in total. The highest BCUT2D eigenvalue weighted by molar-refractivity contribution is 7.89. The van der Waals surface area contributed by atoms with Crippen LogP contribution >= 0.6 is 0 Å². The van der Waals surface area contributed by atoms with Gasteiger partial charge in [-0.05, 0) is 37.5 Å². The fourth-order valence-electron chi connectivity index (χ4n) is 3.16. The number of aryl methyl sites for hydroxylation is 2. The Kier molecular flexibility index (Phi) is 6.22. The molecule has 0 atom stereocenters. The van der Waals surface area contributed by atoms with Crippen molar-refractivity contribution < 1.29 is 13.2 Å². The van der Waals surface area contributed by atoms with E-state index >= 15 is 0 Å². The molecule has 146 valence electrons. The van der Waals surface area contributed by atoms with Crippen LogP contribution in [-0.4, -0.2) is 46.5 Å². The summed E-state index contributed by atoms with van der Waals surface area (Å²) in [4.78, 5) is 16.3. The van der Waals surface area contributed by atoms with Crippen molar-refractivity contribution in [3.8, 4) is 0 Å². The van der Waals surface area contributed by atoms with Crippen LogP contribution in [0.3, 0.4) is 0 Å². The molecule has 3 rings (SSSR count). The maximum Gasteiger partial charge on any atom is 0.243 e. The Morgan fingerprint density at radius 2 is 1.93 bits per heavy atom. The lowest BCUT2D eigenvalue weighted by Crippen LogP contribution is -2.32. The van der Waals surface area contributed by atoms with E-state index in [1.807, 2.05) is 0 Å². The van der Waals surface area contributed by atoms with Crippen LogP contribution in [0, 0.1) is 6.92 Å². The molecule has 27 heavy (non-hydrogen) atoms. The molecular formula is C18H25N5O3S. The zero-order valence-corrected chi connectivity index (χ0v) is 16.3. The number of hydrogen-bond donors (Lipinski definition) is 1. The van der Waals surface area contributed by atoms with E-state index in [1.54, 1.807) is 40.4 Å². The number of nitrogens with zero attached hydrogens (tertiary/aromatic N) is 4. The first-order valence-corrected chi connectivity index (χ1v) is 10.6. The fraction of sp³-hybridized carbons (Fsp3) is 0.500. The third kappa shape index (κ3) is 4.92. The minimum Gasteiger partial charge on any atom is -0.326 e. The topological polar surface area (TPSA) is 97.2 Å². The standard InChI is InChI=1S/C18H25N5O3S/c1-15-6-7-16(21-18(24)8-11-22-14-19-13-20-22)12-17(15)27(25,26)23-9-4-2-3-5-10-23/h6-7,12-14H,2-5,8-11H2,1H3,(H,21,24). The van der Waals surface area contributed by atoms with Gasteiger partial charge in [-0.1, -0.05) is 18.9 Å². The molecule has 1 amide bonds. The van der Waals surface area contributed by atoms with Gasteiger partial charge in [0.25, 0.3) is 0 Å². The molecule has 0 radical (unpaired) electrons. The molecule has 1 fully saturated rings. The molecule has 0 saturated carbocycles. The van der Waals surface area contributed by atoms with Crippen LogP contribution in [0.25, 0.3) is 0 Å². The summed E-state index contributed by atoms with van der Waals surface area (Å²) in [5.41, 5.74) is 1.16. The van der Waals surface area contributed by atoms with E-state index in [2.05, 4.69) is 15.4 Å². The average molecular weight is 391 g/mol. The van der Waals surface area contributed by atoms with Gasteiger partial charge in [0.1, 0.15) is 12.7 Å². The molecule has 1 saturated heterocycles. The summed E-state index contributed by atoms with van der Waals surface area (Å²) < 4.78 is 29.3. The number of rotatable bonds is 6. The molecule has 1 aliphatic rings. The molecule has 2 heterocycles. The van der Waals surface area contributed by atoms with Crippen molar-refractivity contribution in [3.63, 3.8) is 0 Å². The van der Waals surface area contributed by atoms with Crippen LogP contribution in [0.2, 0.25) is 0 Å². The summed E-state index contributed by atoms with van der Waals surface area (Å²) in [6, 6.07) is 5.02. The van der Waals surface area contributed by atoms with E-state index in [1.165, 1.54) is 6.33 Å². The number of aromatic nitrogens is 3. The van der Waals surface area contributed by atoms with Gasteiger partial charge in [-0.2, -0.15) is 9.40 Å². The number of anilines is 1. The third-order valence-corrected chi connectivity index (χ3v) is 6.73. The van der Waals surface area contributed by atoms with Gasteiger partial charge in [0.05, 0.1) is 11.4 Å². The highest BCUT2D eigenvalue weighted by Crippen LogP contribution is 2.25. The normalized spacial score (nSPS) is 16.0. The highest BCUT2D eigenvalue weighted by atomic mass is 32.2. The summed E-state index contributed by atoms with van der Waals surface area (Å²) in [7, 11) is -3.56. The van der Waals surface area contributed by atoms with Crippen LogP contribution < -0.4 is 5.32 Å². The predicted molar refractivity (Wildman–Crippen MR) is 102 cm³/mol. The molecule has 0 unspecified atom stereocenters. The Morgan fingerprint density at radius 3 is 2.59 bits per heavy atom. The maximum absolute atomic E-state index is 13.1. The number of nitrogens with one attached hydrogen (secondary N) is 1. The molecule has 2 aromatic rings. The summed E-state index contributed by atoms with van der Waals surface area (Å²) in [6.45, 7) is 3.30. The minimum atomic E-state index is -3.56. The van der Waals surface area contributed by atoms with E-state index in [4.69, 9.17) is 0 Å². The average Bonchev–Trinajstić information content (AvgIpc) is 3.01. The molecule has 1 aromatic carbocycles. The number of carbonyl (C=O) groups is 1. The second-order valence-electron chi connectivity index (χ2n) is 6.76. The third-order valence-electron chi connectivity index (χ3n) is 4.69. The second kappa shape index (κ2) is 8.62. The van der Waals surface area contributed by atoms with Crippen LogP contribution in [0.15, 0.2) is 35.7 Å². The van der Waals surface area contributed by atoms with Gasteiger partial charge in [-0.3, -0.25) is 9.48 Å². The Balaban J connectivity index is 1.72. The van der Waals surface area contributed by atoms with Crippen molar-refractivity contribution in [2.45, 2.75) is 50.5 Å². The fourth-order valence-corrected chi connectivity index (χ4v) is 4.93. The number of sulfonamides is 1. The van der Waals surface area contributed by atoms with Crippen LogP contribution in [0.1, 0.15) is 37.7 Å². The number of hydrogen-bond acceptors (Lipinski definition) is 5. The van der Waals surface area contributed by atoms with E-state index < -0.39 is 10.0 Å². The number of carbonyl (C=O) groups excluding carboxylic acids is 1. The zero-order valence-electron chi connectivity index (χ0n) is 15.5. The molecular weight excluding hydrogens is 366 g/mol. The second-order valence-corrected chi connectivity index (χ2v) is 8.66. The first-order valence-electron chi connectivity index (χ1n) is 9.20. The Labute approximate surface area is 159 Å². The van der Waals surface area contributed by atoms with E-state index in [0.29, 0.717) is 30.9 Å². The Morgan fingerprint density at radius 1 is 1.19 bits per heavy atom. The number of amides is 1. The smallest absolute Gasteiger partial charge is 0.243 e. The van der Waals surface area contributed by atoms with Gasteiger partial charge in [0.15, 0.2) is 0 Å². The molecule has 0 bridgehead atoms. The van der Waals surface area contributed by atoms with Gasteiger partial charge in [0, 0.05) is 25.2 Å². The van der Waals surface area contributed by atoms with Gasteiger partial charge < -0.3 is 5.32 Å². The zero-order chi connectivity index (χ0) is 19.3. The monoisotopic (exact) mass is 391 g/mol. The van der Waals surface area contributed by atoms with Gasteiger partial charge in [0.2, 0.25) is 15.9 Å². The maximum atomic E-state index is 13.1. The van der Waals surface area contributed by atoms with Gasteiger partial charge in [-0.15, -0.1) is 0 Å². The van der Waals surface area contributed by atoms with E-state index in [9.17, 15) is 13.2 Å². The summed E-state index contributed by atoms with van der Waals surface area (Å²) in [5.74, 6) is -0.201. The quantitative estimate of drug-likeness (QED) is 0.814. The molecule has 0 spiro atoms. The summed E-state index contributed by atoms with van der Waals surface area (Å²) in [5, 5.41) is 6.73. The summed E-state index contributed by atoms with van der Waals surface area (Å²) >= 11 is 0. The highest BCUT2D eigenvalue weighted by Gasteiger charge is 2.27.